The van der Waals surface area contributed by atoms with E-state index in [1.165, 1.54) is 7.11 Å². The fraction of sp³-hybridized carbons (Fsp3) is 0.300. The Balaban J connectivity index is 1.69. The average Bonchev–Trinajstić information content (AvgIpc) is 3.21. The van der Waals surface area contributed by atoms with E-state index >= 15 is 0 Å². The van der Waals surface area contributed by atoms with Gasteiger partial charge in [-0.3, -0.25) is 0 Å². The molecule has 2 saturated heterocycles. The van der Waals surface area contributed by atoms with E-state index in [0.29, 0.717) is 13.0 Å². The maximum atomic E-state index is 13.5. The number of benzene rings is 2. The van der Waals surface area contributed by atoms with Gasteiger partial charge < -0.3 is 0 Å². The first kappa shape index (κ1) is 17.3. The van der Waals surface area contributed by atoms with Crippen LogP contribution in [0.5, 0.6) is 0 Å². The third-order valence-corrected chi connectivity index (χ3v) is 7.69. The Bertz CT molecular complexity index is 813. The van der Waals surface area contributed by atoms with Crippen molar-refractivity contribution in [3.8, 4) is 0 Å². The third-order valence-electron chi connectivity index (χ3n) is 4.83. The molecule has 2 heterocycles. The second kappa shape index (κ2) is 6.88. The third kappa shape index (κ3) is 2.75. The van der Waals surface area contributed by atoms with Crippen molar-refractivity contribution in [2.75, 3.05) is 13.7 Å². The molecule has 26 heavy (non-hydrogen) atoms. The van der Waals surface area contributed by atoms with Gasteiger partial charge in [-0.25, -0.2) is 0 Å². The zero-order valence-corrected chi connectivity index (χ0v) is 16.0. The summed E-state index contributed by atoms with van der Waals surface area (Å²) in [5.41, 5.74) is 0.927. The van der Waals surface area contributed by atoms with Gasteiger partial charge in [-0.1, -0.05) is 0 Å². The van der Waals surface area contributed by atoms with Gasteiger partial charge >= 0.3 is 158 Å². The fourth-order valence-corrected chi connectivity index (χ4v) is 6.43. The van der Waals surface area contributed by atoms with Crippen LogP contribution < -0.4 is 4.46 Å². The second-order valence-corrected chi connectivity index (χ2v) is 9.28. The van der Waals surface area contributed by atoms with Crippen LogP contribution in [0, 0.1) is 0 Å². The maximum absolute atomic E-state index is 13.5. The zero-order chi connectivity index (χ0) is 18.1. The van der Waals surface area contributed by atoms with Gasteiger partial charge in [0.2, 0.25) is 0 Å². The van der Waals surface area contributed by atoms with E-state index in [-0.39, 0.29) is 26.9 Å². The van der Waals surface area contributed by atoms with Gasteiger partial charge in [0.1, 0.15) is 0 Å². The Hall–Kier alpha value is -2.14. The summed E-state index contributed by atoms with van der Waals surface area (Å²) in [6.45, 7) is 0.439. The molecule has 0 spiro atoms. The predicted octanol–water partition coefficient (Wildman–Crippen LogP) is 1.68. The number of methoxy groups -OCH3 is 1. The van der Waals surface area contributed by atoms with Crippen LogP contribution in [0.1, 0.15) is 18.2 Å². The fourth-order valence-electron chi connectivity index (χ4n) is 3.64. The number of esters is 1. The van der Waals surface area contributed by atoms with Crippen molar-refractivity contribution < 1.29 is 19.1 Å². The van der Waals surface area contributed by atoms with E-state index in [1.54, 1.807) is 4.90 Å². The first-order chi connectivity index (χ1) is 12.7. The second-order valence-electron chi connectivity index (χ2n) is 6.40. The van der Waals surface area contributed by atoms with Gasteiger partial charge in [-0.2, -0.15) is 0 Å². The van der Waals surface area contributed by atoms with Gasteiger partial charge in [-0.05, 0) is 0 Å². The molecule has 0 saturated carbocycles. The van der Waals surface area contributed by atoms with E-state index in [9.17, 15) is 9.59 Å². The number of hydrogen-bond donors (Lipinski definition) is 0. The van der Waals surface area contributed by atoms with Crippen LogP contribution in [0.4, 0.5) is 0 Å². The monoisotopic (exact) mass is 417 g/mol. The molecule has 0 N–H and O–H groups in total. The van der Waals surface area contributed by atoms with E-state index < -0.39 is 16.5 Å². The number of carbonyl (C=O) groups excluding carboxylic acids is 2. The number of ether oxygens (including phenoxy) is 2. The van der Waals surface area contributed by atoms with E-state index in [4.69, 9.17) is 9.47 Å². The number of hydrogen-bond acceptors (Lipinski definition) is 4. The Morgan fingerprint density at radius 3 is 2.46 bits per heavy atom. The minimum atomic E-state index is -1.12. The first-order valence-corrected chi connectivity index (χ1v) is 10.2. The summed E-state index contributed by atoms with van der Waals surface area (Å²) in [5, 5.41) is 0. The summed E-state index contributed by atoms with van der Waals surface area (Å²) >= 11 is -0.357. The van der Waals surface area contributed by atoms with E-state index in [2.05, 4.69) is 0 Å². The summed E-state index contributed by atoms with van der Waals surface area (Å²) in [6.07, 6.45) is 0.00306. The predicted molar refractivity (Wildman–Crippen MR) is 96.9 cm³/mol. The van der Waals surface area contributed by atoms with Gasteiger partial charge in [0.25, 0.3) is 0 Å². The normalized spacial score (nSPS) is 27.4. The van der Waals surface area contributed by atoms with Crippen molar-refractivity contribution in [3.05, 3.63) is 66.2 Å². The molecule has 0 radical (unpaired) electrons. The Labute approximate surface area is 158 Å². The molecule has 2 aromatic rings. The van der Waals surface area contributed by atoms with Crippen molar-refractivity contribution in [1.29, 1.82) is 0 Å². The molecule has 2 aliphatic rings. The molecule has 3 atom stereocenters. The summed E-state index contributed by atoms with van der Waals surface area (Å²) in [7, 11) is 1.35. The molecule has 2 fully saturated rings. The van der Waals surface area contributed by atoms with E-state index in [1.807, 2.05) is 60.7 Å². The number of carbonyl (C=O) groups is 2. The van der Waals surface area contributed by atoms with Crippen LogP contribution in [0.3, 0.4) is 0 Å². The summed E-state index contributed by atoms with van der Waals surface area (Å²) in [5.74, 6) is -0.614. The van der Waals surface area contributed by atoms with Crippen LogP contribution in [0.15, 0.2) is 60.7 Å². The van der Waals surface area contributed by atoms with Crippen LogP contribution in [-0.2, 0) is 19.1 Å². The molecule has 6 heteroatoms. The molecule has 4 rings (SSSR count). The van der Waals surface area contributed by atoms with Crippen molar-refractivity contribution in [2.45, 2.75) is 23.0 Å². The summed E-state index contributed by atoms with van der Waals surface area (Å²) < 4.78 is 10.9. The summed E-state index contributed by atoms with van der Waals surface area (Å²) in [6, 6.07) is 19.3. The van der Waals surface area contributed by atoms with Crippen molar-refractivity contribution >= 4 is 31.3 Å². The van der Waals surface area contributed by atoms with Gasteiger partial charge in [0, 0.05) is 0 Å². The van der Waals surface area contributed by atoms with Gasteiger partial charge in [0.15, 0.2) is 0 Å². The quantitative estimate of drug-likeness (QED) is 0.433. The zero-order valence-electron chi connectivity index (χ0n) is 14.3. The Morgan fingerprint density at radius 1 is 1.15 bits per heavy atom. The van der Waals surface area contributed by atoms with Crippen LogP contribution >= 0.6 is 0 Å². The van der Waals surface area contributed by atoms with Crippen LogP contribution in [0.2, 0.25) is 4.31 Å². The molecular weight excluding hydrogens is 397 g/mol. The minimum absolute atomic E-state index is 0.0996. The van der Waals surface area contributed by atoms with Gasteiger partial charge in [-0.15, -0.1) is 0 Å². The molecule has 5 nitrogen and oxygen atoms in total. The van der Waals surface area contributed by atoms with Crippen molar-refractivity contribution in [3.63, 3.8) is 0 Å². The Morgan fingerprint density at radius 2 is 1.81 bits per heavy atom. The Kier molecular flexibility index (Phi) is 4.57. The van der Waals surface area contributed by atoms with Gasteiger partial charge in [0.05, 0.1) is 0 Å². The SMILES string of the molecule is COC(=O)[C@@]1([Se]c2ccccc2)C[C@H]2CO[C@H](c3ccccc3)N2C1=O. The number of amides is 1. The standard InChI is InChI=1S/C20H19NO4Se/c1-24-19(23)20(26-16-10-6-3-7-11-16)12-15-13-25-17(21(15)18(20)22)14-8-4-2-5-9-14/h2-11,15,17H,12-13H2,1H3/t15-,17+,20+/m0/s1. The molecule has 0 aliphatic carbocycles. The number of nitrogens with zero attached hydrogens (tertiary/aromatic N) is 1. The number of fused-ring (bicyclic) bond motifs is 1. The van der Waals surface area contributed by atoms with Crippen molar-refractivity contribution in [2.24, 2.45) is 0 Å². The molecular formula is C20H19NO4Se. The first-order valence-electron chi connectivity index (χ1n) is 8.47. The molecule has 0 bridgehead atoms. The summed E-state index contributed by atoms with van der Waals surface area (Å²) in [4.78, 5) is 27.9. The van der Waals surface area contributed by atoms with Crippen LogP contribution in [0.25, 0.3) is 0 Å². The van der Waals surface area contributed by atoms with Crippen LogP contribution in [-0.4, -0.2) is 51.5 Å². The number of rotatable bonds is 4. The molecule has 0 unspecified atom stereocenters. The van der Waals surface area contributed by atoms with E-state index in [0.717, 1.165) is 10.0 Å². The molecule has 1 amide bonds. The molecule has 0 aromatic heterocycles. The molecule has 2 aromatic carbocycles. The van der Waals surface area contributed by atoms with Crippen molar-refractivity contribution in [1.82, 2.24) is 4.90 Å². The molecule has 134 valence electrons. The topological polar surface area (TPSA) is 55.8 Å². The molecule has 2 aliphatic heterocycles. The average molecular weight is 416 g/mol.